The van der Waals surface area contributed by atoms with Crippen molar-refractivity contribution in [3.05, 3.63) is 0 Å². The standard InChI is InChI=1S/C14H24N4/c1-16-14(10-15,12-4-5-12)11-17-7-8-18-6-2-3-13(18)9-17/h12-13,16H,2-9,11H2,1H3. The third-order valence-corrected chi connectivity index (χ3v) is 5.06. The summed E-state index contributed by atoms with van der Waals surface area (Å²) >= 11 is 0. The van der Waals surface area contributed by atoms with E-state index < -0.39 is 0 Å². The molecule has 100 valence electrons. The molecule has 18 heavy (non-hydrogen) atoms. The summed E-state index contributed by atoms with van der Waals surface area (Å²) in [5.41, 5.74) is -0.291. The zero-order chi connectivity index (χ0) is 12.6. The summed E-state index contributed by atoms with van der Waals surface area (Å²) < 4.78 is 0. The lowest BCUT2D eigenvalue weighted by molar-refractivity contribution is 0.0850. The maximum atomic E-state index is 9.56. The van der Waals surface area contributed by atoms with Gasteiger partial charge in [-0.25, -0.2) is 0 Å². The van der Waals surface area contributed by atoms with Crippen molar-refractivity contribution in [2.45, 2.75) is 37.3 Å². The number of rotatable bonds is 4. The summed E-state index contributed by atoms with van der Waals surface area (Å²) in [4.78, 5) is 5.14. The number of nitrogens with zero attached hydrogens (tertiary/aromatic N) is 3. The third-order valence-electron chi connectivity index (χ3n) is 5.06. The second-order valence-electron chi connectivity index (χ2n) is 6.17. The lowest BCUT2D eigenvalue weighted by atomic mass is 9.93. The molecule has 0 aromatic rings. The van der Waals surface area contributed by atoms with Gasteiger partial charge in [0, 0.05) is 32.2 Å². The lowest BCUT2D eigenvalue weighted by Crippen LogP contribution is -2.58. The normalized spacial score (nSPS) is 32.8. The van der Waals surface area contributed by atoms with E-state index in [9.17, 15) is 5.26 Å². The Morgan fingerprint density at radius 3 is 2.78 bits per heavy atom. The van der Waals surface area contributed by atoms with Crippen molar-refractivity contribution in [3.8, 4) is 6.07 Å². The second-order valence-corrected chi connectivity index (χ2v) is 6.17. The van der Waals surface area contributed by atoms with Crippen LogP contribution in [0.1, 0.15) is 25.7 Å². The number of fused-ring (bicyclic) bond motifs is 1. The van der Waals surface area contributed by atoms with Gasteiger partial charge in [-0.1, -0.05) is 0 Å². The molecule has 0 bridgehead atoms. The highest BCUT2D eigenvalue weighted by Gasteiger charge is 2.46. The van der Waals surface area contributed by atoms with Gasteiger partial charge in [0.25, 0.3) is 0 Å². The van der Waals surface area contributed by atoms with Crippen LogP contribution in [0.25, 0.3) is 0 Å². The Hall–Kier alpha value is -0.630. The van der Waals surface area contributed by atoms with E-state index in [1.54, 1.807) is 0 Å². The minimum atomic E-state index is -0.291. The van der Waals surface area contributed by atoms with E-state index in [-0.39, 0.29) is 5.54 Å². The van der Waals surface area contributed by atoms with Crippen LogP contribution in [0.3, 0.4) is 0 Å². The molecular formula is C14H24N4. The summed E-state index contributed by atoms with van der Waals surface area (Å²) in [6.07, 6.45) is 5.14. The van der Waals surface area contributed by atoms with Crippen LogP contribution in [0.5, 0.6) is 0 Å². The van der Waals surface area contributed by atoms with Gasteiger partial charge in [0.1, 0.15) is 5.54 Å². The largest absolute Gasteiger partial charge is 0.301 e. The van der Waals surface area contributed by atoms with Crippen LogP contribution in [0.15, 0.2) is 0 Å². The fraction of sp³-hybridized carbons (Fsp3) is 0.929. The van der Waals surface area contributed by atoms with Crippen LogP contribution in [0, 0.1) is 17.2 Å². The predicted octanol–water partition coefficient (Wildman–Crippen LogP) is 0.658. The molecule has 2 atom stereocenters. The van der Waals surface area contributed by atoms with E-state index in [2.05, 4.69) is 21.2 Å². The molecule has 0 aromatic carbocycles. The number of nitriles is 1. The van der Waals surface area contributed by atoms with Gasteiger partial charge in [-0.3, -0.25) is 9.80 Å². The van der Waals surface area contributed by atoms with Crippen molar-refractivity contribution in [1.29, 1.82) is 5.26 Å². The molecule has 2 aliphatic heterocycles. The van der Waals surface area contributed by atoms with Gasteiger partial charge in [0.05, 0.1) is 6.07 Å². The molecule has 0 radical (unpaired) electrons. The Morgan fingerprint density at radius 1 is 1.28 bits per heavy atom. The van der Waals surface area contributed by atoms with Crippen molar-refractivity contribution in [1.82, 2.24) is 15.1 Å². The summed E-state index contributed by atoms with van der Waals surface area (Å²) in [7, 11) is 1.95. The predicted molar refractivity (Wildman–Crippen MR) is 71.2 cm³/mol. The van der Waals surface area contributed by atoms with E-state index in [0.29, 0.717) is 5.92 Å². The third kappa shape index (κ3) is 2.16. The molecule has 0 aromatic heterocycles. The Bertz CT molecular complexity index is 346. The minimum Gasteiger partial charge on any atom is -0.301 e. The SMILES string of the molecule is CNC(C#N)(CN1CCN2CCCC2C1)C1CC1. The average molecular weight is 248 g/mol. The fourth-order valence-electron chi connectivity index (χ4n) is 3.72. The van der Waals surface area contributed by atoms with Crippen LogP contribution in [0.2, 0.25) is 0 Å². The molecule has 2 saturated heterocycles. The molecule has 3 rings (SSSR count). The second kappa shape index (κ2) is 4.80. The van der Waals surface area contributed by atoms with Gasteiger partial charge in [-0.05, 0) is 45.2 Å². The zero-order valence-electron chi connectivity index (χ0n) is 11.4. The van der Waals surface area contributed by atoms with Crippen LogP contribution in [-0.4, -0.2) is 61.2 Å². The van der Waals surface area contributed by atoms with E-state index >= 15 is 0 Å². The highest BCUT2D eigenvalue weighted by atomic mass is 15.3. The first-order valence-electron chi connectivity index (χ1n) is 7.34. The summed E-state index contributed by atoms with van der Waals surface area (Å²) in [5, 5.41) is 12.9. The van der Waals surface area contributed by atoms with Crippen LogP contribution >= 0.6 is 0 Å². The van der Waals surface area contributed by atoms with Gasteiger partial charge in [-0.15, -0.1) is 0 Å². The van der Waals surface area contributed by atoms with Gasteiger partial charge in [0.2, 0.25) is 0 Å². The number of nitrogens with one attached hydrogen (secondary N) is 1. The van der Waals surface area contributed by atoms with E-state index in [4.69, 9.17) is 0 Å². The maximum absolute atomic E-state index is 9.56. The molecule has 3 aliphatic rings. The van der Waals surface area contributed by atoms with E-state index in [1.807, 2.05) is 7.05 Å². The highest BCUT2D eigenvalue weighted by molar-refractivity contribution is 5.16. The lowest BCUT2D eigenvalue weighted by Gasteiger charge is -2.41. The molecule has 1 N–H and O–H groups in total. The molecule has 1 saturated carbocycles. The molecule has 4 heteroatoms. The zero-order valence-corrected chi connectivity index (χ0v) is 11.4. The van der Waals surface area contributed by atoms with E-state index in [1.165, 1.54) is 38.8 Å². The molecule has 1 aliphatic carbocycles. The van der Waals surface area contributed by atoms with Crippen LogP contribution in [-0.2, 0) is 0 Å². The molecule has 4 nitrogen and oxygen atoms in total. The first-order valence-corrected chi connectivity index (χ1v) is 7.34. The Balaban J connectivity index is 1.63. The van der Waals surface area contributed by atoms with Crippen molar-refractivity contribution in [2.24, 2.45) is 5.92 Å². The monoisotopic (exact) mass is 248 g/mol. The minimum absolute atomic E-state index is 0.291. The van der Waals surface area contributed by atoms with Crippen molar-refractivity contribution < 1.29 is 0 Å². The summed E-state index contributed by atoms with van der Waals surface area (Å²) in [5.74, 6) is 0.578. The van der Waals surface area contributed by atoms with Gasteiger partial charge in [0.15, 0.2) is 0 Å². The topological polar surface area (TPSA) is 42.3 Å². The van der Waals surface area contributed by atoms with Crippen molar-refractivity contribution in [3.63, 3.8) is 0 Å². The maximum Gasteiger partial charge on any atom is 0.122 e. The van der Waals surface area contributed by atoms with Gasteiger partial charge in [-0.2, -0.15) is 5.26 Å². The summed E-state index contributed by atoms with van der Waals surface area (Å²) in [6, 6.07) is 3.32. The van der Waals surface area contributed by atoms with Gasteiger partial charge >= 0.3 is 0 Å². The Labute approximate surface area is 110 Å². The van der Waals surface area contributed by atoms with Crippen LogP contribution < -0.4 is 5.32 Å². The number of likely N-dealkylation sites (N-methyl/N-ethyl adjacent to an activating group) is 1. The smallest absolute Gasteiger partial charge is 0.122 e. The highest BCUT2D eigenvalue weighted by Crippen LogP contribution is 2.40. The fourth-order valence-corrected chi connectivity index (χ4v) is 3.72. The van der Waals surface area contributed by atoms with Crippen molar-refractivity contribution >= 4 is 0 Å². The quantitative estimate of drug-likeness (QED) is 0.793. The Morgan fingerprint density at radius 2 is 2.11 bits per heavy atom. The van der Waals surface area contributed by atoms with Crippen LogP contribution in [0.4, 0.5) is 0 Å². The number of hydrogen-bond acceptors (Lipinski definition) is 4. The van der Waals surface area contributed by atoms with Gasteiger partial charge < -0.3 is 5.32 Å². The molecular weight excluding hydrogens is 224 g/mol. The molecule has 0 amide bonds. The van der Waals surface area contributed by atoms with Crippen molar-refractivity contribution in [2.75, 3.05) is 39.8 Å². The first kappa shape index (κ1) is 12.4. The number of piperazine rings is 1. The Kier molecular flexibility index (Phi) is 3.31. The first-order chi connectivity index (χ1) is 8.77. The molecule has 3 fully saturated rings. The summed E-state index contributed by atoms with van der Waals surface area (Å²) in [6.45, 7) is 5.69. The number of hydrogen-bond donors (Lipinski definition) is 1. The molecule has 2 unspecified atom stereocenters. The van der Waals surface area contributed by atoms with E-state index in [0.717, 1.165) is 25.7 Å². The average Bonchev–Trinajstić information content (AvgIpc) is 3.15. The molecule has 0 spiro atoms. The molecule has 2 heterocycles.